The zero-order valence-electron chi connectivity index (χ0n) is 15.9. The van der Waals surface area contributed by atoms with Crippen molar-refractivity contribution in [1.29, 1.82) is 0 Å². The number of amides is 1. The van der Waals surface area contributed by atoms with Gasteiger partial charge in [-0.15, -0.1) is 0 Å². The molecule has 1 unspecified atom stereocenters. The van der Waals surface area contributed by atoms with E-state index in [9.17, 15) is 4.79 Å². The standard InChI is InChI=1S/C23H26N2O2/c1-17(2)15-20(18-9-5-3-6-10-18)25-22(26)13-14-23-24-16-21(27-23)19-11-7-4-8-12-19/h3-12,16-17,20H,13-15H2,1-2H3,(H,25,26). The normalized spacial score (nSPS) is 12.1. The van der Waals surface area contributed by atoms with Crippen LogP contribution in [-0.2, 0) is 11.2 Å². The van der Waals surface area contributed by atoms with Crippen molar-refractivity contribution >= 4 is 5.91 Å². The fourth-order valence-corrected chi connectivity index (χ4v) is 3.08. The molecule has 0 aliphatic rings. The van der Waals surface area contributed by atoms with Gasteiger partial charge < -0.3 is 9.73 Å². The van der Waals surface area contributed by atoms with Crippen LogP contribution in [0.3, 0.4) is 0 Å². The van der Waals surface area contributed by atoms with Crippen molar-refractivity contribution in [1.82, 2.24) is 10.3 Å². The molecule has 1 N–H and O–H groups in total. The molecule has 0 saturated carbocycles. The van der Waals surface area contributed by atoms with Crippen LogP contribution in [0, 0.1) is 5.92 Å². The smallest absolute Gasteiger partial charge is 0.220 e. The molecule has 2 aromatic carbocycles. The first-order valence-electron chi connectivity index (χ1n) is 9.46. The number of aromatic nitrogens is 1. The summed E-state index contributed by atoms with van der Waals surface area (Å²) < 4.78 is 5.78. The fourth-order valence-electron chi connectivity index (χ4n) is 3.08. The highest BCUT2D eigenvalue weighted by Gasteiger charge is 2.16. The van der Waals surface area contributed by atoms with E-state index >= 15 is 0 Å². The highest BCUT2D eigenvalue weighted by atomic mass is 16.4. The van der Waals surface area contributed by atoms with Crippen molar-refractivity contribution in [2.24, 2.45) is 5.92 Å². The number of hydrogen-bond donors (Lipinski definition) is 1. The molecule has 3 aromatic rings. The molecule has 1 atom stereocenters. The van der Waals surface area contributed by atoms with Crippen LogP contribution in [0.4, 0.5) is 0 Å². The van der Waals surface area contributed by atoms with Gasteiger partial charge in [0.15, 0.2) is 11.7 Å². The maximum absolute atomic E-state index is 12.5. The summed E-state index contributed by atoms with van der Waals surface area (Å²) in [4.78, 5) is 16.8. The van der Waals surface area contributed by atoms with E-state index in [1.54, 1.807) is 6.20 Å². The molecular formula is C23H26N2O2. The molecule has 4 heteroatoms. The molecule has 0 spiro atoms. The van der Waals surface area contributed by atoms with Crippen LogP contribution >= 0.6 is 0 Å². The molecule has 1 amide bonds. The SMILES string of the molecule is CC(C)CC(NC(=O)CCc1ncc(-c2ccccc2)o1)c1ccccc1. The second kappa shape index (κ2) is 9.17. The lowest BCUT2D eigenvalue weighted by molar-refractivity contribution is -0.122. The monoisotopic (exact) mass is 362 g/mol. The summed E-state index contributed by atoms with van der Waals surface area (Å²) in [6.45, 7) is 4.33. The Kier molecular flexibility index (Phi) is 6.42. The third-order valence-corrected chi connectivity index (χ3v) is 4.42. The molecule has 0 aliphatic heterocycles. The van der Waals surface area contributed by atoms with Crippen LogP contribution < -0.4 is 5.32 Å². The molecule has 0 saturated heterocycles. The van der Waals surface area contributed by atoms with Crippen molar-refractivity contribution < 1.29 is 9.21 Å². The van der Waals surface area contributed by atoms with Gasteiger partial charge in [-0.2, -0.15) is 0 Å². The average Bonchev–Trinajstić information content (AvgIpc) is 3.16. The molecule has 0 radical (unpaired) electrons. The zero-order chi connectivity index (χ0) is 19.1. The summed E-state index contributed by atoms with van der Waals surface area (Å²) in [5.74, 6) is 1.83. The molecule has 1 aromatic heterocycles. The van der Waals surface area contributed by atoms with Crippen LogP contribution in [0.5, 0.6) is 0 Å². The number of nitrogens with one attached hydrogen (secondary N) is 1. The summed E-state index contributed by atoms with van der Waals surface area (Å²) in [5.41, 5.74) is 2.13. The first kappa shape index (κ1) is 18.9. The van der Waals surface area contributed by atoms with Gasteiger partial charge in [0.25, 0.3) is 0 Å². The Labute approximate surface area is 160 Å². The topological polar surface area (TPSA) is 55.1 Å². The summed E-state index contributed by atoms with van der Waals surface area (Å²) >= 11 is 0. The number of aryl methyl sites for hydroxylation is 1. The predicted octanol–water partition coefficient (Wildman–Crippen LogP) is 5.18. The van der Waals surface area contributed by atoms with E-state index in [4.69, 9.17) is 4.42 Å². The number of oxazole rings is 1. The van der Waals surface area contributed by atoms with E-state index in [1.807, 2.05) is 48.5 Å². The van der Waals surface area contributed by atoms with Crippen LogP contribution in [0.15, 0.2) is 71.3 Å². The van der Waals surface area contributed by atoms with Gasteiger partial charge in [-0.3, -0.25) is 4.79 Å². The van der Waals surface area contributed by atoms with Gasteiger partial charge in [0.1, 0.15) is 0 Å². The molecule has 27 heavy (non-hydrogen) atoms. The summed E-state index contributed by atoms with van der Waals surface area (Å²) in [5, 5.41) is 3.16. The van der Waals surface area contributed by atoms with Crippen molar-refractivity contribution in [3.8, 4) is 11.3 Å². The van der Waals surface area contributed by atoms with Gasteiger partial charge in [-0.05, 0) is 17.9 Å². The van der Waals surface area contributed by atoms with E-state index in [0.717, 1.165) is 23.3 Å². The Morgan fingerprint density at radius 1 is 1.04 bits per heavy atom. The van der Waals surface area contributed by atoms with Crippen LogP contribution in [0.2, 0.25) is 0 Å². The first-order valence-corrected chi connectivity index (χ1v) is 9.46. The summed E-state index contributed by atoms with van der Waals surface area (Å²) in [6.07, 6.45) is 3.47. The van der Waals surface area contributed by atoms with Crippen molar-refractivity contribution in [3.63, 3.8) is 0 Å². The minimum atomic E-state index is 0.0176. The van der Waals surface area contributed by atoms with Gasteiger partial charge in [0.05, 0.1) is 12.2 Å². The number of nitrogens with zero attached hydrogens (tertiary/aromatic N) is 1. The molecule has 0 fully saturated rings. The van der Waals surface area contributed by atoms with Crippen LogP contribution in [-0.4, -0.2) is 10.9 Å². The van der Waals surface area contributed by atoms with Crippen molar-refractivity contribution in [3.05, 3.63) is 78.3 Å². The van der Waals surface area contributed by atoms with Gasteiger partial charge in [-0.1, -0.05) is 74.5 Å². The largest absolute Gasteiger partial charge is 0.441 e. The molecule has 3 rings (SSSR count). The maximum atomic E-state index is 12.5. The Balaban J connectivity index is 1.57. The first-order chi connectivity index (χ1) is 13.1. The second-order valence-electron chi connectivity index (χ2n) is 7.14. The Hall–Kier alpha value is -2.88. The highest BCUT2D eigenvalue weighted by molar-refractivity contribution is 5.76. The Bertz CT molecular complexity index is 841. The Morgan fingerprint density at radius 2 is 1.70 bits per heavy atom. The van der Waals surface area contributed by atoms with E-state index < -0.39 is 0 Å². The maximum Gasteiger partial charge on any atom is 0.220 e. The van der Waals surface area contributed by atoms with Gasteiger partial charge in [-0.25, -0.2) is 4.98 Å². The van der Waals surface area contributed by atoms with Gasteiger partial charge in [0, 0.05) is 18.4 Å². The van der Waals surface area contributed by atoms with E-state index in [1.165, 1.54) is 0 Å². The number of benzene rings is 2. The predicted molar refractivity (Wildman–Crippen MR) is 107 cm³/mol. The van der Waals surface area contributed by atoms with Crippen molar-refractivity contribution in [2.75, 3.05) is 0 Å². The van der Waals surface area contributed by atoms with Gasteiger partial charge >= 0.3 is 0 Å². The number of hydrogen-bond acceptors (Lipinski definition) is 3. The highest BCUT2D eigenvalue weighted by Crippen LogP contribution is 2.22. The number of carbonyl (C=O) groups excluding carboxylic acids is 1. The molecule has 4 nitrogen and oxygen atoms in total. The molecule has 1 heterocycles. The summed E-state index contributed by atoms with van der Waals surface area (Å²) in [6, 6.07) is 20.0. The third-order valence-electron chi connectivity index (χ3n) is 4.42. The number of rotatable bonds is 8. The minimum absolute atomic E-state index is 0.0176. The molecular weight excluding hydrogens is 336 g/mol. The lowest BCUT2D eigenvalue weighted by Gasteiger charge is -2.21. The van der Waals surface area contributed by atoms with Crippen LogP contribution in [0.1, 0.15) is 44.2 Å². The molecule has 140 valence electrons. The van der Waals surface area contributed by atoms with Crippen LogP contribution in [0.25, 0.3) is 11.3 Å². The third kappa shape index (κ3) is 5.55. The lowest BCUT2D eigenvalue weighted by Crippen LogP contribution is -2.29. The molecule has 0 aliphatic carbocycles. The van der Waals surface area contributed by atoms with Gasteiger partial charge in [0.2, 0.25) is 5.91 Å². The quantitative estimate of drug-likeness (QED) is 0.601. The van der Waals surface area contributed by atoms with E-state index in [0.29, 0.717) is 24.7 Å². The molecule has 0 bridgehead atoms. The van der Waals surface area contributed by atoms with Crippen molar-refractivity contribution in [2.45, 2.75) is 39.2 Å². The number of carbonyl (C=O) groups is 1. The van der Waals surface area contributed by atoms with E-state index in [-0.39, 0.29) is 11.9 Å². The summed E-state index contributed by atoms with van der Waals surface area (Å²) in [7, 11) is 0. The van der Waals surface area contributed by atoms with E-state index in [2.05, 4.69) is 36.3 Å². The minimum Gasteiger partial charge on any atom is -0.441 e. The zero-order valence-corrected chi connectivity index (χ0v) is 15.9. The average molecular weight is 362 g/mol. The Morgan fingerprint density at radius 3 is 2.37 bits per heavy atom. The lowest BCUT2D eigenvalue weighted by atomic mass is 9.97. The second-order valence-corrected chi connectivity index (χ2v) is 7.14. The fraction of sp³-hybridized carbons (Fsp3) is 0.304.